The highest BCUT2D eigenvalue weighted by Crippen LogP contribution is 2.33. The lowest BCUT2D eigenvalue weighted by atomic mass is 10.0. The summed E-state index contributed by atoms with van der Waals surface area (Å²) in [5.41, 5.74) is 0.876. The fourth-order valence-electron chi connectivity index (χ4n) is 3.90. The Morgan fingerprint density at radius 3 is 2.57 bits per heavy atom. The van der Waals surface area contributed by atoms with Gasteiger partial charge < -0.3 is 14.8 Å². The number of nitrogens with zero attached hydrogens (tertiary/aromatic N) is 1. The summed E-state index contributed by atoms with van der Waals surface area (Å²) in [6, 6.07) is 12.9. The predicted molar refractivity (Wildman–Crippen MR) is 112 cm³/mol. The van der Waals surface area contributed by atoms with E-state index in [-0.39, 0.29) is 16.8 Å². The van der Waals surface area contributed by atoms with Crippen LogP contribution in [0.2, 0.25) is 0 Å². The molecule has 2 heterocycles. The molecule has 0 spiro atoms. The summed E-state index contributed by atoms with van der Waals surface area (Å²) in [4.78, 5) is 13.3. The number of fused-ring (bicyclic) bond motifs is 1. The monoisotopic (exact) mass is 430 g/mol. The number of nitrogens with one attached hydrogen (secondary N) is 1. The van der Waals surface area contributed by atoms with E-state index in [1.165, 1.54) is 4.31 Å². The van der Waals surface area contributed by atoms with Crippen LogP contribution in [-0.2, 0) is 14.8 Å². The summed E-state index contributed by atoms with van der Waals surface area (Å²) in [5.74, 6) is 1.07. The van der Waals surface area contributed by atoms with Gasteiger partial charge in [0, 0.05) is 6.54 Å². The first-order valence-electron chi connectivity index (χ1n) is 10.2. The molecule has 1 N–H and O–H groups in total. The number of rotatable bonds is 5. The molecule has 2 aromatic carbocycles. The molecule has 0 aromatic heterocycles. The van der Waals surface area contributed by atoms with Crippen LogP contribution in [0.4, 0.5) is 0 Å². The third kappa shape index (κ3) is 4.15. The van der Waals surface area contributed by atoms with Crippen LogP contribution < -0.4 is 14.8 Å². The number of piperidine rings is 1. The molecule has 0 bridgehead atoms. The van der Waals surface area contributed by atoms with E-state index >= 15 is 0 Å². The van der Waals surface area contributed by atoms with Gasteiger partial charge in [-0.3, -0.25) is 4.79 Å². The quantitative estimate of drug-likeness (QED) is 0.789. The molecule has 2 aliphatic heterocycles. The van der Waals surface area contributed by atoms with Crippen LogP contribution in [0.1, 0.15) is 37.8 Å². The Bertz CT molecular complexity index is 1010. The van der Waals surface area contributed by atoms with Crippen LogP contribution in [0.25, 0.3) is 0 Å². The summed E-state index contributed by atoms with van der Waals surface area (Å²) >= 11 is 0. The zero-order valence-electron chi connectivity index (χ0n) is 16.9. The van der Waals surface area contributed by atoms with Crippen molar-refractivity contribution in [2.24, 2.45) is 0 Å². The molecular weight excluding hydrogens is 404 g/mol. The minimum absolute atomic E-state index is 0.213. The van der Waals surface area contributed by atoms with Crippen molar-refractivity contribution in [2.75, 3.05) is 19.8 Å². The highest BCUT2D eigenvalue weighted by atomic mass is 32.2. The third-order valence-electron chi connectivity index (χ3n) is 5.53. The molecular formula is C22H26N2O5S. The molecule has 30 heavy (non-hydrogen) atoms. The van der Waals surface area contributed by atoms with Crippen LogP contribution in [0.15, 0.2) is 53.4 Å². The maximum atomic E-state index is 13.1. The number of benzene rings is 2. The Kier molecular flexibility index (Phi) is 5.97. The lowest BCUT2D eigenvalue weighted by Gasteiger charge is -2.34. The minimum Gasteiger partial charge on any atom is -0.486 e. The largest absolute Gasteiger partial charge is 0.486 e. The Morgan fingerprint density at radius 2 is 1.80 bits per heavy atom. The number of hydrogen-bond acceptors (Lipinski definition) is 5. The second-order valence-electron chi connectivity index (χ2n) is 7.57. The number of sulfonamides is 1. The first-order valence-corrected chi connectivity index (χ1v) is 11.7. The SMILES string of the molecule is C[C@H](NC(=O)[C@@H]1CCCCN1S(=O)(=O)c1ccccc1)c1ccc2c(c1)OCCO2. The number of carbonyl (C=O) groups is 1. The van der Waals surface area contributed by atoms with Crippen molar-refractivity contribution < 1.29 is 22.7 Å². The topological polar surface area (TPSA) is 84.9 Å². The van der Waals surface area contributed by atoms with Crippen LogP contribution >= 0.6 is 0 Å². The van der Waals surface area contributed by atoms with Gasteiger partial charge in [0.15, 0.2) is 11.5 Å². The molecule has 2 atom stereocenters. The molecule has 1 amide bonds. The van der Waals surface area contributed by atoms with E-state index in [2.05, 4.69) is 5.32 Å². The van der Waals surface area contributed by atoms with E-state index in [1.807, 2.05) is 25.1 Å². The van der Waals surface area contributed by atoms with Crippen LogP contribution in [0.3, 0.4) is 0 Å². The third-order valence-corrected chi connectivity index (χ3v) is 7.45. The van der Waals surface area contributed by atoms with Crippen molar-refractivity contribution in [3.8, 4) is 11.5 Å². The van der Waals surface area contributed by atoms with Gasteiger partial charge in [0.2, 0.25) is 15.9 Å². The van der Waals surface area contributed by atoms with Gasteiger partial charge in [0.25, 0.3) is 0 Å². The van der Waals surface area contributed by atoms with E-state index in [4.69, 9.17) is 9.47 Å². The Morgan fingerprint density at radius 1 is 1.07 bits per heavy atom. The van der Waals surface area contributed by atoms with Crippen molar-refractivity contribution in [3.05, 3.63) is 54.1 Å². The Balaban J connectivity index is 1.51. The summed E-state index contributed by atoms with van der Waals surface area (Å²) in [5, 5.41) is 2.98. The highest BCUT2D eigenvalue weighted by Gasteiger charge is 2.38. The number of hydrogen-bond donors (Lipinski definition) is 1. The molecule has 2 aliphatic rings. The summed E-state index contributed by atoms with van der Waals surface area (Å²) in [6.07, 6.45) is 2.07. The van der Waals surface area contributed by atoms with Crippen LogP contribution in [0, 0.1) is 0 Å². The van der Waals surface area contributed by atoms with Gasteiger partial charge in [-0.1, -0.05) is 30.7 Å². The average Bonchev–Trinajstić information content (AvgIpc) is 2.79. The second kappa shape index (κ2) is 8.65. The zero-order chi connectivity index (χ0) is 21.1. The first kappa shape index (κ1) is 20.7. The van der Waals surface area contributed by atoms with Crippen molar-refractivity contribution in [1.29, 1.82) is 0 Å². The van der Waals surface area contributed by atoms with Crippen LogP contribution in [0.5, 0.6) is 11.5 Å². The molecule has 0 unspecified atom stereocenters. The molecule has 7 nitrogen and oxygen atoms in total. The maximum Gasteiger partial charge on any atom is 0.243 e. The molecule has 160 valence electrons. The Labute approximate surface area is 177 Å². The molecule has 1 fully saturated rings. The van der Waals surface area contributed by atoms with E-state index in [1.54, 1.807) is 30.3 Å². The molecule has 4 rings (SSSR count). The fraction of sp³-hybridized carbons (Fsp3) is 0.409. The van der Waals surface area contributed by atoms with Gasteiger partial charge in [0.1, 0.15) is 19.3 Å². The van der Waals surface area contributed by atoms with Gasteiger partial charge in [-0.2, -0.15) is 4.31 Å². The average molecular weight is 431 g/mol. The Hall–Kier alpha value is -2.58. The van der Waals surface area contributed by atoms with Gasteiger partial charge >= 0.3 is 0 Å². The first-order chi connectivity index (χ1) is 14.5. The number of amides is 1. The number of ether oxygens (including phenoxy) is 2. The van der Waals surface area contributed by atoms with E-state index < -0.39 is 16.1 Å². The normalized spacial score (nSPS) is 20.4. The van der Waals surface area contributed by atoms with E-state index in [9.17, 15) is 13.2 Å². The molecule has 0 saturated carbocycles. The summed E-state index contributed by atoms with van der Waals surface area (Å²) < 4.78 is 38.8. The van der Waals surface area contributed by atoms with E-state index in [0.717, 1.165) is 18.4 Å². The molecule has 1 saturated heterocycles. The zero-order valence-corrected chi connectivity index (χ0v) is 17.7. The molecule has 8 heteroatoms. The summed E-state index contributed by atoms with van der Waals surface area (Å²) in [6.45, 7) is 3.23. The molecule has 2 aromatic rings. The molecule has 0 radical (unpaired) electrons. The fourth-order valence-corrected chi connectivity index (χ4v) is 5.58. The van der Waals surface area contributed by atoms with Gasteiger partial charge in [-0.05, 0) is 49.6 Å². The maximum absolute atomic E-state index is 13.1. The smallest absolute Gasteiger partial charge is 0.243 e. The molecule has 0 aliphatic carbocycles. The van der Waals surface area contributed by atoms with Crippen molar-refractivity contribution in [2.45, 2.75) is 43.2 Å². The van der Waals surface area contributed by atoms with Gasteiger partial charge in [0.05, 0.1) is 10.9 Å². The number of carbonyl (C=O) groups excluding carboxylic acids is 1. The van der Waals surface area contributed by atoms with Crippen molar-refractivity contribution >= 4 is 15.9 Å². The lowest BCUT2D eigenvalue weighted by Crippen LogP contribution is -2.52. The van der Waals surface area contributed by atoms with Crippen molar-refractivity contribution in [3.63, 3.8) is 0 Å². The predicted octanol–water partition coefficient (Wildman–Crippen LogP) is 2.88. The minimum atomic E-state index is -3.73. The standard InChI is InChI=1S/C22H26N2O5S/c1-16(17-10-11-20-21(15-17)29-14-13-28-20)23-22(25)19-9-5-6-12-24(19)30(26,27)18-7-3-2-4-8-18/h2-4,7-8,10-11,15-16,19H,5-6,9,12-14H2,1H3,(H,23,25)/t16-,19-/m0/s1. The summed E-state index contributed by atoms with van der Waals surface area (Å²) in [7, 11) is -3.73. The van der Waals surface area contributed by atoms with Gasteiger partial charge in [-0.15, -0.1) is 0 Å². The second-order valence-corrected chi connectivity index (χ2v) is 9.46. The van der Waals surface area contributed by atoms with Crippen LogP contribution in [-0.4, -0.2) is 44.4 Å². The lowest BCUT2D eigenvalue weighted by molar-refractivity contribution is -0.126. The highest BCUT2D eigenvalue weighted by molar-refractivity contribution is 7.89. The van der Waals surface area contributed by atoms with E-state index in [0.29, 0.717) is 37.7 Å². The van der Waals surface area contributed by atoms with Gasteiger partial charge in [-0.25, -0.2) is 8.42 Å². The van der Waals surface area contributed by atoms with Crippen molar-refractivity contribution in [1.82, 2.24) is 9.62 Å².